The first-order chi connectivity index (χ1) is 37.5. The number of benzene rings is 4. The van der Waals surface area contributed by atoms with Crippen molar-refractivity contribution in [3.63, 3.8) is 0 Å². The van der Waals surface area contributed by atoms with Gasteiger partial charge in [-0.25, -0.2) is 19.6 Å². The molecule has 4 aromatic carbocycles. The minimum atomic E-state index is -2.62. The molecule has 6 heterocycles. The molecule has 22 nitrogen and oxygen atoms in total. The van der Waals surface area contributed by atoms with Crippen molar-refractivity contribution in [3.8, 4) is 80.2 Å². The summed E-state index contributed by atoms with van der Waals surface area (Å²) in [5, 5.41) is 4.28. The quantitative estimate of drug-likeness (QED) is 0.0538. The zero-order valence-corrected chi connectivity index (χ0v) is 40.9. The van der Waals surface area contributed by atoms with E-state index in [9.17, 15) is 28.8 Å². The fraction of sp³-hybridized carbons (Fsp3) is 0.164. The lowest BCUT2D eigenvalue weighted by Crippen LogP contribution is -2.80. The van der Waals surface area contributed by atoms with Gasteiger partial charge in [0.05, 0.1) is 24.6 Å². The number of imide groups is 4. The molecular formula is C55H44N8O14. The van der Waals surface area contributed by atoms with Crippen LogP contribution in [0.2, 0.25) is 0 Å². The van der Waals surface area contributed by atoms with Crippen molar-refractivity contribution in [1.29, 1.82) is 0 Å². The molecule has 8 amide bonds. The maximum Gasteiger partial charge on any atom is 0.351 e. The van der Waals surface area contributed by atoms with E-state index in [1.165, 1.54) is 68.2 Å². The number of ether oxygens (including phenoxy) is 6. The van der Waals surface area contributed by atoms with Crippen LogP contribution in [0.3, 0.4) is 0 Å². The largest absolute Gasteiger partial charge is 0.467 e. The number of hydrazine groups is 1. The molecule has 2 saturated heterocycles. The first-order valence-electron chi connectivity index (χ1n) is 23.8. The Morgan fingerprint density at radius 3 is 1.26 bits per heavy atom. The summed E-state index contributed by atoms with van der Waals surface area (Å²) in [7, 11) is 1.30. The van der Waals surface area contributed by atoms with Gasteiger partial charge in [0.1, 0.15) is 58.4 Å². The van der Waals surface area contributed by atoms with Crippen LogP contribution in [0.5, 0.6) is 34.5 Å². The first-order valence-corrected chi connectivity index (χ1v) is 23.8. The molecule has 2 aliphatic rings. The maximum atomic E-state index is 14.8. The molecule has 77 heavy (non-hydrogen) atoms. The highest BCUT2D eigenvalue weighted by Gasteiger charge is 2.64. The zero-order chi connectivity index (χ0) is 53.5. The van der Waals surface area contributed by atoms with Crippen molar-refractivity contribution in [2.45, 2.75) is 31.0 Å². The Morgan fingerprint density at radius 2 is 0.883 bits per heavy atom. The van der Waals surface area contributed by atoms with E-state index < -0.39 is 59.7 Å². The lowest BCUT2D eigenvalue weighted by Gasteiger charge is -2.45. The second-order valence-corrected chi connectivity index (χ2v) is 17.0. The summed E-state index contributed by atoms with van der Waals surface area (Å²) in [6.07, 6.45) is 5.35. The molecular weight excluding hydrogens is 997 g/mol. The van der Waals surface area contributed by atoms with E-state index in [1.807, 2.05) is 34.9 Å². The van der Waals surface area contributed by atoms with Gasteiger partial charge in [0.25, 0.3) is 23.0 Å². The number of nitrogens with one attached hydrogen (secondary N) is 2. The number of amides is 8. The molecule has 2 aliphatic heterocycles. The highest BCUT2D eigenvalue weighted by molar-refractivity contribution is 6.27. The van der Waals surface area contributed by atoms with Crippen molar-refractivity contribution in [2.75, 3.05) is 26.9 Å². The van der Waals surface area contributed by atoms with Gasteiger partial charge in [0, 0.05) is 50.1 Å². The van der Waals surface area contributed by atoms with Gasteiger partial charge < -0.3 is 37.3 Å². The number of urea groups is 2. The van der Waals surface area contributed by atoms with E-state index in [0.717, 1.165) is 0 Å². The van der Waals surface area contributed by atoms with Gasteiger partial charge in [-0.15, -0.1) is 0 Å². The van der Waals surface area contributed by atoms with Crippen LogP contribution in [-0.2, 0) is 28.7 Å². The van der Waals surface area contributed by atoms with Gasteiger partial charge >= 0.3 is 23.9 Å². The van der Waals surface area contributed by atoms with Gasteiger partial charge in [-0.3, -0.25) is 39.8 Å². The van der Waals surface area contributed by atoms with E-state index >= 15 is 0 Å². The van der Waals surface area contributed by atoms with Gasteiger partial charge in [0.2, 0.25) is 11.8 Å². The predicted octanol–water partition coefficient (Wildman–Crippen LogP) is 8.18. The average Bonchev–Trinajstić information content (AvgIpc) is 4.19. The molecule has 2 N–H and O–H groups in total. The van der Waals surface area contributed by atoms with Gasteiger partial charge in [-0.1, -0.05) is 12.1 Å². The number of rotatable bonds is 20. The number of barbiturate groups is 2. The van der Waals surface area contributed by atoms with Crippen LogP contribution in [0, 0.1) is 0 Å². The third kappa shape index (κ3) is 10.4. The van der Waals surface area contributed by atoms with E-state index in [-0.39, 0.29) is 41.3 Å². The molecule has 0 saturated carbocycles. The number of pyridine rings is 2. The molecule has 0 aliphatic carbocycles. The van der Waals surface area contributed by atoms with Crippen molar-refractivity contribution < 1.29 is 66.0 Å². The van der Waals surface area contributed by atoms with Crippen molar-refractivity contribution in [2.24, 2.45) is 0 Å². The minimum Gasteiger partial charge on any atom is -0.467 e. The molecule has 10 rings (SSSR count). The second kappa shape index (κ2) is 21.8. The van der Waals surface area contributed by atoms with Gasteiger partial charge in [0.15, 0.2) is 0 Å². The molecule has 388 valence electrons. The number of carbonyl (C=O) groups excluding carboxylic acids is 6. The number of hydrogen-bond acceptors (Lipinski definition) is 18. The van der Waals surface area contributed by atoms with Gasteiger partial charge in [-0.2, -0.15) is 10.0 Å². The van der Waals surface area contributed by atoms with E-state index in [2.05, 4.69) is 19.9 Å². The molecule has 0 spiro atoms. The van der Waals surface area contributed by atoms with E-state index in [4.69, 9.17) is 37.3 Å². The third-order valence-electron chi connectivity index (χ3n) is 12.1. The Kier molecular flexibility index (Phi) is 14.3. The minimum absolute atomic E-state index is 0.0526. The standard InChI is InChI=1S/C55H44N8O14/c1-3-71-31-27-55(77-41-24-20-39(21-25-41)75-37-16-12-35(13-17-37)47-59-45(33-73-47)43-9-5-7-29-57-43)49(65)61-53(69)63(51(55)67)62-50(66)54(26-30-70-2,48(64)60-52(62)68)76-40-22-18-38(19-23-40)74-36-14-10-34(11-15-36)46-58-44(32-72-46)42-8-4-6-28-56-42/h4-25,28-29,32-33H,3,26-27,30-31H2,1-2H3,(H,60,64,68)(H,61,65,69). The Morgan fingerprint density at radius 1 is 0.494 bits per heavy atom. The summed E-state index contributed by atoms with van der Waals surface area (Å²) in [5.41, 5.74) is -1.39. The summed E-state index contributed by atoms with van der Waals surface area (Å²) in [4.78, 5) is 103. The molecule has 0 radical (unpaired) electrons. The summed E-state index contributed by atoms with van der Waals surface area (Å²) < 4.78 is 46.5. The van der Waals surface area contributed by atoms with Crippen LogP contribution in [0.1, 0.15) is 19.8 Å². The Labute approximate surface area is 437 Å². The fourth-order valence-electron chi connectivity index (χ4n) is 8.15. The van der Waals surface area contributed by atoms with Crippen molar-refractivity contribution in [1.82, 2.24) is 40.6 Å². The number of carbonyl (C=O) groups is 6. The maximum absolute atomic E-state index is 14.8. The lowest BCUT2D eigenvalue weighted by molar-refractivity contribution is -0.183. The summed E-state index contributed by atoms with van der Waals surface area (Å²) >= 11 is 0. The first kappa shape index (κ1) is 50.5. The number of nitrogens with zero attached hydrogens (tertiary/aromatic N) is 6. The number of aromatic nitrogens is 4. The number of oxazole rings is 2. The van der Waals surface area contributed by atoms with Crippen LogP contribution in [0.25, 0.3) is 45.7 Å². The predicted molar refractivity (Wildman–Crippen MR) is 268 cm³/mol. The topological polar surface area (TPSA) is 266 Å². The molecule has 2 unspecified atom stereocenters. The smallest absolute Gasteiger partial charge is 0.351 e. The van der Waals surface area contributed by atoms with Gasteiger partial charge in [-0.05, 0) is 128 Å². The Bertz CT molecular complexity index is 3450. The molecule has 4 aromatic heterocycles. The third-order valence-corrected chi connectivity index (χ3v) is 12.1. The Balaban J connectivity index is 0.845. The van der Waals surface area contributed by atoms with Crippen LogP contribution < -0.4 is 29.6 Å². The van der Waals surface area contributed by atoms with E-state index in [1.54, 1.807) is 80.0 Å². The highest BCUT2D eigenvalue weighted by atomic mass is 16.5. The van der Waals surface area contributed by atoms with Crippen LogP contribution in [-0.4, -0.2) is 104 Å². The Hall–Kier alpha value is -10.1. The highest BCUT2D eigenvalue weighted by Crippen LogP contribution is 2.36. The van der Waals surface area contributed by atoms with Crippen molar-refractivity contribution >= 4 is 35.7 Å². The number of hydrogen-bond donors (Lipinski definition) is 2. The molecule has 2 fully saturated rings. The monoisotopic (exact) mass is 1040 g/mol. The normalized spacial score (nSPS) is 17.5. The van der Waals surface area contributed by atoms with Crippen LogP contribution >= 0.6 is 0 Å². The van der Waals surface area contributed by atoms with Crippen LogP contribution in [0.4, 0.5) is 9.59 Å². The average molecular weight is 1040 g/mol. The fourth-order valence-corrected chi connectivity index (χ4v) is 8.15. The second-order valence-electron chi connectivity index (χ2n) is 17.0. The zero-order valence-electron chi connectivity index (χ0n) is 40.9. The van der Waals surface area contributed by atoms with Crippen LogP contribution in [0.15, 0.2) is 167 Å². The number of methoxy groups -OCH3 is 1. The molecule has 8 aromatic rings. The summed E-state index contributed by atoms with van der Waals surface area (Å²) in [5.74, 6) is -3.14. The van der Waals surface area contributed by atoms with E-state index in [0.29, 0.717) is 68.7 Å². The summed E-state index contributed by atoms with van der Waals surface area (Å²) in [6.45, 7) is 1.31. The van der Waals surface area contributed by atoms with Crippen molar-refractivity contribution in [3.05, 3.63) is 158 Å². The molecule has 2 atom stereocenters. The molecule has 22 heteroatoms. The molecule has 0 bridgehead atoms. The summed E-state index contributed by atoms with van der Waals surface area (Å²) in [6, 6.07) is 33.5. The lowest BCUT2D eigenvalue weighted by atomic mass is 9.93. The SMILES string of the molecule is CCOCCC1(Oc2ccc(Oc3ccc(-c4nc(-c5ccccn5)co4)cc3)cc2)C(=O)NC(=O)N(N2C(=O)NC(=O)C(CCOC)(Oc3ccc(Oc4ccc(-c5nc(-c6ccccn6)co5)cc4)cc3)C2=O)C1=O.